The van der Waals surface area contributed by atoms with E-state index in [1.807, 2.05) is 19.9 Å². The summed E-state index contributed by atoms with van der Waals surface area (Å²) in [6, 6.07) is 12.2. The van der Waals surface area contributed by atoms with Crippen molar-refractivity contribution in [1.82, 2.24) is 9.97 Å². The lowest BCUT2D eigenvalue weighted by molar-refractivity contribution is -0.113. The van der Waals surface area contributed by atoms with Gasteiger partial charge in [0.05, 0.1) is 22.4 Å². The summed E-state index contributed by atoms with van der Waals surface area (Å²) in [7, 11) is 1.65. The van der Waals surface area contributed by atoms with Gasteiger partial charge in [0.15, 0.2) is 0 Å². The van der Waals surface area contributed by atoms with E-state index in [9.17, 15) is 9.59 Å². The van der Waals surface area contributed by atoms with Crippen LogP contribution in [-0.2, 0) is 4.79 Å². The van der Waals surface area contributed by atoms with Gasteiger partial charge < -0.3 is 10.2 Å². The topological polar surface area (TPSA) is 75.2 Å². The molecule has 0 atom stereocenters. The van der Waals surface area contributed by atoms with E-state index in [4.69, 9.17) is 0 Å². The third-order valence-corrected chi connectivity index (χ3v) is 4.36. The lowest BCUT2D eigenvalue weighted by Gasteiger charge is -2.15. The van der Waals surface area contributed by atoms with E-state index in [-0.39, 0.29) is 11.8 Å². The van der Waals surface area contributed by atoms with Crippen LogP contribution in [0.4, 0.5) is 11.4 Å². The van der Waals surface area contributed by atoms with Gasteiger partial charge in [-0.2, -0.15) is 0 Å². The van der Waals surface area contributed by atoms with E-state index in [1.54, 1.807) is 43.4 Å². The standard InChI is InChI=1S/C21H20N4O2/c1-5-20(26)25(4)17-9-6-15(7-10-17)21(27)24-16-8-11-18-19(12-16)23-14(3)13(2)22-18/h5-12H,1H2,2-4H3,(H,24,27). The Bertz CT molecular complexity index is 1040. The van der Waals surface area contributed by atoms with Crippen LogP contribution in [0.5, 0.6) is 0 Å². The van der Waals surface area contributed by atoms with Gasteiger partial charge in [0.2, 0.25) is 5.91 Å². The molecule has 0 saturated carbocycles. The number of fused-ring (bicyclic) bond motifs is 1. The molecular weight excluding hydrogens is 340 g/mol. The molecule has 3 aromatic rings. The molecule has 1 heterocycles. The van der Waals surface area contributed by atoms with Crippen molar-refractivity contribution in [3.8, 4) is 0 Å². The molecule has 0 aliphatic rings. The first kappa shape index (κ1) is 18.3. The fraction of sp³-hybridized carbons (Fsp3) is 0.143. The Morgan fingerprint density at radius 3 is 2.26 bits per heavy atom. The maximum atomic E-state index is 12.5. The summed E-state index contributed by atoms with van der Waals surface area (Å²) in [5.41, 5.74) is 5.09. The summed E-state index contributed by atoms with van der Waals surface area (Å²) in [5, 5.41) is 2.86. The highest BCUT2D eigenvalue weighted by molar-refractivity contribution is 6.05. The van der Waals surface area contributed by atoms with E-state index in [2.05, 4.69) is 21.9 Å². The Morgan fingerprint density at radius 2 is 1.63 bits per heavy atom. The molecular formula is C21H20N4O2. The van der Waals surface area contributed by atoms with E-state index in [1.165, 1.54) is 11.0 Å². The van der Waals surface area contributed by atoms with Crippen LogP contribution in [0.3, 0.4) is 0 Å². The Labute approximate surface area is 157 Å². The molecule has 1 N–H and O–H groups in total. The Balaban J connectivity index is 1.79. The van der Waals surface area contributed by atoms with Crippen LogP contribution in [0.1, 0.15) is 21.7 Å². The Hall–Kier alpha value is -3.54. The van der Waals surface area contributed by atoms with E-state index in [0.717, 1.165) is 22.4 Å². The van der Waals surface area contributed by atoms with Crippen molar-refractivity contribution in [2.24, 2.45) is 0 Å². The van der Waals surface area contributed by atoms with Crippen molar-refractivity contribution in [2.45, 2.75) is 13.8 Å². The smallest absolute Gasteiger partial charge is 0.255 e. The maximum Gasteiger partial charge on any atom is 0.255 e. The minimum absolute atomic E-state index is 0.213. The van der Waals surface area contributed by atoms with Gasteiger partial charge in [-0.15, -0.1) is 0 Å². The van der Waals surface area contributed by atoms with Crippen LogP contribution in [0.25, 0.3) is 11.0 Å². The lowest BCUT2D eigenvalue weighted by Crippen LogP contribution is -2.23. The molecule has 0 unspecified atom stereocenters. The summed E-state index contributed by atoms with van der Waals surface area (Å²) in [6.07, 6.45) is 1.24. The highest BCUT2D eigenvalue weighted by Gasteiger charge is 2.11. The van der Waals surface area contributed by atoms with Crippen LogP contribution >= 0.6 is 0 Å². The second-order valence-electron chi connectivity index (χ2n) is 6.20. The van der Waals surface area contributed by atoms with Crippen LogP contribution in [0.15, 0.2) is 55.1 Å². The summed E-state index contributed by atoms with van der Waals surface area (Å²) in [5.74, 6) is -0.453. The molecule has 6 heteroatoms. The molecule has 0 radical (unpaired) electrons. The van der Waals surface area contributed by atoms with Crippen LogP contribution in [-0.4, -0.2) is 28.8 Å². The summed E-state index contributed by atoms with van der Waals surface area (Å²) < 4.78 is 0. The van der Waals surface area contributed by atoms with Gasteiger partial charge in [-0.25, -0.2) is 9.97 Å². The quantitative estimate of drug-likeness (QED) is 0.721. The van der Waals surface area contributed by atoms with Crippen molar-refractivity contribution in [1.29, 1.82) is 0 Å². The van der Waals surface area contributed by atoms with Gasteiger partial charge in [0.25, 0.3) is 5.91 Å². The molecule has 0 aliphatic heterocycles. The van der Waals surface area contributed by atoms with Gasteiger partial charge in [-0.3, -0.25) is 9.59 Å². The zero-order valence-corrected chi connectivity index (χ0v) is 15.5. The molecule has 136 valence electrons. The number of benzene rings is 2. The summed E-state index contributed by atoms with van der Waals surface area (Å²) in [6.45, 7) is 7.29. The van der Waals surface area contributed by atoms with E-state index in [0.29, 0.717) is 16.9 Å². The average Bonchev–Trinajstić information content (AvgIpc) is 2.68. The number of aryl methyl sites for hydroxylation is 2. The largest absolute Gasteiger partial charge is 0.322 e. The first-order chi connectivity index (χ1) is 12.9. The average molecular weight is 360 g/mol. The molecule has 0 bridgehead atoms. The molecule has 3 rings (SSSR count). The van der Waals surface area contributed by atoms with Gasteiger partial charge in [-0.05, 0) is 62.4 Å². The van der Waals surface area contributed by atoms with E-state index >= 15 is 0 Å². The number of hydrogen-bond donors (Lipinski definition) is 1. The predicted octanol–water partition coefficient (Wildman–Crippen LogP) is 3.65. The number of carbonyl (C=O) groups excluding carboxylic acids is 2. The number of amides is 2. The minimum Gasteiger partial charge on any atom is -0.322 e. The van der Waals surface area contributed by atoms with Crippen molar-refractivity contribution in [3.63, 3.8) is 0 Å². The molecule has 27 heavy (non-hydrogen) atoms. The molecule has 2 amide bonds. The van der Waals surface area contributed by atoms with Gasteiger partial charge in [0.1, 0.15) is 0 Å². The zero-order valence-electron chi connectivity index (χ0n) is 15.5. The third kappa shape index (κ3) is 3.84. The number of aromatic nitrogens is 2. The maximum absolute atomic E-state index is 12.5. The number of nitrogens with one attached hydrogen (secondary N) is 1. The normalized spacial score (nSPS) is 10.5. The van der Waals surface area contributed by atoms with Crippen LogP contribution in [0, 0.1) is 13.8 Å². The molecule has 0 spiro atoms. The summed E-state index contributed by atoms with van der Waals surface area (Å²) in [4.78, 5) is 34.6. The Kier molecular flexibility index (Phi) is 4.98. The van der Waals surface area contributed by atoms with Crippen molar-refractivity contribution < 1.29 is 9.59 Å². The molecule has 1 aromatic heterocycles. The highest BCUT2D eigenvalue weighted by atomic mass is 16.2. The summed E-state index contributed by atoms with van der Waals surface area (Å²) >= 11 is 0. The number of rotatable bonds is 4. The minimum atomic E-state index is -0.240. The SMILES string of the molecule is C=CC(=O)N(C)c1ccc(C(=O)Nc2ccc3nc(C)c(C)nc3c2)cc1. The predicted molar refractivity (Wildman–Crippen MR) is 107 cm³/mol. The number of hydrogen-bond acceptors (Lipinski definition) is 4. The van der Waals surface area contributed by atoms with Crippen molar-refractivity contribution in [3.05, 3.63) is 72.1 Å². The third-order valence-electron chi connectivity index (χ3n) is 4.36. The van der Waals surface area contributed by atoms with Gasteiger partial charge in [-0.1, -0.05) is 6.58 Å². The van der Waals surface area contributed by atoms with Crippen LogP contribution < -0.4 is 10.2 Å². The first-order valence-corrected chi connectivity index (χ1v) is 8.45. The van der Waals surface area contributed by atoms with Crippen LogP contribution in [0.2, 0.25) is 0 Å². The fourth-order valence-corrected chi connectivity index (χ4v) is 2.61. The highest BCUT2D eigenvalue weighted by Crippen LogP contribution is 2.19. The number of carbonyl (C=O) groups is 2. The van der Waals surface area contributed by atoms with Gasteiger partial charge >= 0.3 is 0 Å². The number of nitrogens with zero attached hydrogens (tertiary/aromatic N) is 3. The molecule has 0 fully saturated rings. The Morgan fingerprint density at radius 1 is 1.00 bits per heavy atom. The lowest BCUT2D eigenvalue weighted by atomic mass is 10.1. The van der Waals surface area contributed by atoms with Crippen molar-refractivity contribution >= 4 is 34.2 Å². The number of likely N-dealkylation sites (N-methyl/N-ethyl adjacent to an activating group) is 1. The zero-order chi connectivity index (χ0) is 19.6. The molecule has 6 nitrogen and oxygen atoms in total. The fourth-order valence-electron chi connectivity index (χ4n) is 2.61. The molecule has 2 aromatic carbocycles. The second-order valence-corrected chi connectivity index (χ2v) is 6.20. The number of anilines is 2. The van der Waals surface area contributed by atoms with E-state index < -0.39 is 0 Å². The monoisotopic (exact) mass is 360 g/mol. The van der Waals surface area contributed by atoms with Crippen molar-refractivity contribution in [2.75, 3.05) is 17.3 Å². The molecule has 0 aliphatic carbocycles. The van der Waals surface area contributed by atoms with Gasteiger partial charge in [0, 0.05) is 24.0 Å². The second kappa shape index (κ2) is 7.37. The molecule has 0 saturated heterocycles. The first-order valence-electron chi connectivity index (χ1n) is 8.45.